The average molecular weight is 397 g/mol. The Labute approximate surface area is 170 Å². The number of carbonyl (C=O) groups excluding carboxylic acids is 2. The zero-order valence-corrected chi connectivity index (χ0v) is 16.9. The van der Waals surface area contributed by atoms with E-state index in [1.54, 1.807) is 55.2 Å². The third-order valence-corrected chi connectivity index (χ3v) is 5.97. The van der Waals surface area contributed by atoms with E-state index in [0.717, 1.165) is 32.1 Å². The Balaban J connectivity index is 1.75. The maximum Gasteiger partial charge on any atom is 0.304 e. The van der Waals surface area contributed by atoms with Gasteiger partial charge in [0.05, 0.1) is 11.8 Å². The Bertz CT molecular complexity index is 897. The highest BCUT2D eigenvalue weighted by atomic mass is 16.4. The molecule has 1 fully saturated rings. The van der Waals surface area contributed by atoms with Crippen molar-refractivity contribution in [1.29, 1.82) is 0 Å². The van der Waals surface area contributed by atoms with E-state index < -0.39 is 11.4 Å². The lowest BCUT2D eigenvalue weighted by atomic mass is 9.67. The number of ketones is 1. The molecule has 0 radical (unpaired) electrons. The van der Waals surface area contributed by atoms with Gasteiger partial charge in [-0.25, -0.2) is 4.98 Å². The van der Waals surface area contributed by atoms with E-state index in [-0.39, 0.29) is 24.0 Å². The van der Waals surface area contributed by atoms with Crippen LogP contribution < -0.4 is 5.32 Å². The van der Waals surface area contributed by atoms with Gasteiger partial charge in [0.2, 0.25) is 11.7 Å². The van der Waals surface area contributed by atoms with Gasteiger partial charge in [-0.1, -0.05) is 19.3 Å². The smallest absolute Gasteiger partial charge is 0.304 e. The Kier molecular flexibility index (Phi) is 6.15. The minimum atomic E-state index is -0.968. The fourth-order valence-electron chi connectivity index (χ4n) is 4.16. The van der Waals surface area contributed by atoms with Crippen LogP contribution in [0.4, 0.5) is 5.69 Å². The monoisotopic (exact) mass is 397 g/mol. The van der Waals surface area contributed by atoms with E-state index in [9.17, 15) is 19.5 Å². The molecule has 29 heavy (non-hydrogen) atoms. The Morgan fingerprint density at radius 2 is 1.83 bits per heavy atom. The van der Waals surface area contributed by atoms with Crippen molar-refractivity contribution in [3.05, 3.63) is 48.0 Å². The number of nitrogens with one attached hydrogen (secondary N) is 1. The van der Waals surface area contributed by atoms with Gasteiger partial charge in [0, 0.05) is 30.7 Å². The van der Waals surface area contributed by atoms with Crippen LogP contribution in [0.2, 0.25) is 0 Å². The van der Waals surface area contributed by atoms with Crippen molar-refractivity contribution in [2.75, 3.05) is 5.32 Å². The van der Waals surface area contributed by atoms with Gasteiger partial charge >= 0.3 is 5.97 Å². The zero-order valence-electron chi connectivity index (χ0n) is 16.9. The van der Waals surface area contributed by atoms with Crippen LogP contribution in [0.5, 0.6) is 0 Å². The van der Waals surface area contributed by atoms with Gasteiger partial charge in [0.1, 0.15) is 0 Å². The Hall–Kier alpha value is -2.96. The summed E-state index contributed by atoms with van der Waals surface area (Å²) in [6.07, 6.45) is 8.00. The van der Waals surface area contributed by atoms with Crippen LogP contribution in [-0.2, 0) is 16.6 Å². The second kappa shape index (κ2) is 8.59. The third kappa shape index (κ3) is 4.55. The number of aliphatic carboxylic acids is 1. The summed E-state index contributed by atoms with van der Waals surface area (Å²) >= 11 is 0. The summed E-state index contributed by atoms with van der Waals surface area (Å²) in [7, 11) is 1.75. The van der Waals surface area contributed by atoms with Crippen LogP contribution in [0, 0.1) is 11.3 Å². The van der Waals surface area contributed by atoms with Crippen LogP contribution in [0.3, 0.4) is 0 Å². The summed E-state index contributed by atoms with van der Waals surface area (Å²) in [6.45, 7) is 1.76. The van der Waals surface area contributed by atoms with E-state index in [0.29, 0.717) is 17.1 Å². The van der Waals surface area contributed by atoms with Crippen LogP contribution in [0.1, 0.15) is 61.6 Å². The quantitative estimate of drug-likeness (QED) is 0.695. The van der Waals surface area contributed by atoms with Gasteiger partial charge < -0.3 is 15.0 Å². The maximum atomic E-state index is 13.1. The molecule has 1 amide bonds. The summed E-state index contributed by atoms with van der Waals surface area (Å²) < 4.78 is 1.65. The topological polar surface area (TPSA) is 101 Å². The first-order valence-corrected chi connectivity index (χ1v) is 9.96. The number of nitrogens with zero attached hydrogens (tertiary/aromatic N) is 2. The summed E-state index contributed by atoms with van der Waals surface area (Å²) in [6, 6.07) is 6.61. The molecule has 154 valence electrons. The molecule has 3 rings (SSSR count). The van der Waals surface area contributed by atoms with E-state index in [4.69, 9.17) is 0 Å². The molecule has 1 saturated carbocycles. The summed E-state index contributed by atoms with van der Waals surface area (Å²) in [5.41, 5.74) is 0.0462. The second-order valence-corrected chi connectivity index (χ2v) is 8.05. The second-order valence-electron chi connectivity index (χ2n) is 8.05. The fraction of sp³-hybridized carbons (Fsp3) is 0.455. The summed E-state index contributed by atoms with van der Waals surface area (Å²) in [5, 5.41) is 12.2. The number of aryl methyl sites for hydroxylation is 1. The van der Waals surface area contributed by atoms with E-state index in [1.165, 1.54) is 0 Å². The Morgan fingerprint density at radius 3 is 2.38 bits per heavy atom. The molecule has 7 nitrogen and oxygen atoms in total. The maximum absolute atomic E-state index is 13.1. The van der Waals surface area contributed by atoms with E-state index >= 15 is 0 Å². The Morgan fingerprint density at radius 1 is 1.17 bits per heavy atom. The van der Waals surface area contributed by atoms with Crippen LogP contribution in [0.15, 0.2) is 36.7 Å². The number of aromatic nitrogens is 2. The number of rotatable bonds is 7. The molecular formula is C22H27N3O4. The number of hydrogen-bond donors (Lipinski definition) is 2. The lowest BCUT2D eigenvalue weighted by molar-refractivity contribution is -0.145. The predicted octanol–water partition coefficient (Wildman–Crippen LogP) is 3.65. The molecule has 0 saturated heterocycles. The third-order valence-electron chi connectivity index (χ3n) is 5.97. The van der Waals surface area contributed by atoms with Gasteiger partial charge in [-0.2, -0.15) is 0 Å². The van der Waals surface area contributed by atoms with E-state index in [2.05, 4.69) is 10.3 Å². The standard InChI is InChI=1S/C22H27N3O4/c1-22(14-18(26)27,16-6-4-3-5-7-16)21(29)24-17-10-8-15(9-11-17)19(28)20-23-12-13-25(20)2/h8-13,16H,3-7,14H2,1-2H3,(H,24,29)(H,26,27). The van der Waals surface area contributed by atoms with Crippen molar-refractivity contribution >= 4 is 23.3 Å². The fourth-order valence-corrected chi connectivity index (χ4v) is 4.16. The largest absolute Gasteiger partial charge is 0.481 e. The summed E-state index contributed by atoms with van der Waals surface area (Å²) in [4.78, 5) is 41.1. The van der Waals surface area contributed by atoms with Gasteiger partial charge in [-0.05, 0) is 49.9 Å². The van der Waals surface area contributed by atoms with Gasteiger partial charge in [0.25, 0.3) is 0 Å². The molecule has 0 spiro atoms. The van der Waals surface area contributed by atoms with Gasteiger partial charge in [-0.3, -0.25) is 14.4 Å². The molecule has 1 atom stereocenters. The number of carbonyl (C=O) groups is 3. The van der Waals surface area contributed by atoms with Crippen molar-refractivity contribution < 1.29 is 19.5 Å². The predicted molar refractivity (Wildman–Crippen MR) is 109 cm³/mol. The first-order valence-electron chi connectivity index (χ1n) is 9.96. The minimum absolute atomic E-state index is 0.0524. The number of imidazole rings is 1. The lowest BCUT2D eigenvalue weighted by Gasteiger charge is -2.37. The average Bonchev–Trinajstić information content (AvgIpc) is 3.14. The number of hydrogen-bond acceptors (Lipinski definition) is 4. The molecule has 0 aliphatic heterocycles. The SMILES string of the molecule is Cn1ccnc1C(=O)c1ccc(NC(=O)C(C)(CC(=O)O)C2CCCCC2)cc1. The van der Waals surface area contributed by atoms with E-state index in [1.807, 2.05) is 0 Å². The molecule has 2 aromatic rings. The molecule has 0 bridgehead atoms. The lowest BCUT2D eigenvalue weighted by Crippen LogP contribution is -2.42. The zero-order chi connectivity index (χ0) is 21.0. The number of carboxylic acids is 1. The molecule has 1 heterocycles. The number of carboxylic acid groups (broad SMARTS) is 1. The number of benzene rings is 1. The molecular weight excluding hydrogens is 370 g/mol. The first-order chi connectivity index (χ1) is 13.8. The first kappa shape index (κ1) is 20.8. The number of amides is 1. The molecule has 7 heteroatoms. The van der Waals surface area contributed by atoms with Crippen molar-refractivity contribution in [3.8, 4) is 0 Å². The molecule has 1 aromatic carbocycles. The highest BCUT2D eigenvalue weighted by molar-refractivity contribution is 6.07. The highest BCUT2D eigenvalue weighted by Gasteiger charge is 2.43. The molecule has 1 aromatic heterocycles. The molecule has 2 N–H and O–H groups in total. The van der Waals surface area contributed by atoms with Crippen molar-refractivity contribution in [1.82, 2.24) is 9.55 Å². The van der Waals surface area contributed by atoms with Gasteiger partial charge in [0.15, 0.2) is 5.82 Å². The normalized spacial score (nSPS) is 16.8. The highest BCUT2D eigenvalue weighted by Crippen LogP contribution is 2.42. The van der Waals surface area contributed by atoms with Crippen LogP contribution >= 0.6 is 0 Å². The molecule has 1 aliphatic carbocycles. The van der Waals surface area contributed by atoms with Crippen molar-refractivity contribution in [2.45, 2.75) is 45.4 Å². The van der Waals surface area contributed by atoms with Crippen molar-refractivity contribution in [3.63, 3.8) is 0 Å². The molecule has 1 aliphatic rings. The van der Waals surface area contributed by atoms with Crippen LogP contribution in [-0.4, -0.2) is 32.3 Å². The van der Waals surface area contributed by atoms with Crippen LogP contribution in [0.25, 0.3) is 0 Å². The minimum Gasteiger partial charge on any atom is -0.481 e. The van der Waals surface area contributed by atoms with Gasteiger partial charge in [-0.15, -0.1) is 0 Å². The van der Waals surface area contributed by atoms with Crippen molar-refractivity contribution in [2.24, 2.45) is 18.4 Å². The summed E-state index contributed by atoms with van der Waals surface area (Å²) in [5.74, 6) is -1.06. The number of anilines is 1. The molecule has 1 unspecified atom stereocenters.